The van der Waals surface area contributed by atoms with Crippen molar-refractivity contribution in [2.45, 2.75) is 6.54 Å². The molecule has 0 aliphatic carbocycles. The van der Waals surface area contributed by atoms with E-state index < -0.39 is 0 Å². The van der Waals surface area contributed by atoms with Crippen molar-refractivity contribution in [2.24, 2.45) is 0 Å². The summed E-state index contributed by atoms with van der Waals surface area (Å²) in [4.78, 5) is 6.64. The number of aromatic nitrogens is 1. The highest BCUT2D eigenvalue weighted by atomic mass is 15.1. The molecule has 0 aliphatic rings. The zero-order valence-electron chi connectivity index (χ0n) is 9.07. The van der Waals surface area contributed by atoms with Crippen molar-refractivity contribution in [3.8, 4) is 0 Å². The standard InChI is InChI=1S/C12H15N3/c1-15(2)8-10-7-6-9-4-3-5-11(13)12(9)14-10/h3-7H,8,13H2,1-2H3. The summed E-state index contributed by atoms with van der Waals surface area (Å²) in [5.74, 6) is 0. The van der Waals surface area contributed by atoms with Crippen molar-refractivity contribution in [3.63, 3.8) is 0 Å². The van der Waals surface area contributed by atoms with Crippen molar-refractivity contribution in [3.05, 3.63) is 36.0 Å². The van der Waals surface area contributed by atoms with Gasteiger partial charge in [-0.1, -0.05) is 18.2 Å². The van der Waals surface area contributed by atoms with Gasteiger partial charge in [0, 0.05) is 11.9 Å². The summed E-state index contributed by atoms with van der Waals surface area (Å²) in [6.45, 7) is 0.838. The summed E-state index contributed by atoms with van der Waals surface area (Å²) in [5, 5.41) is 1.09. The lowest BCUT2D eigenvalue weighted by molar-refractivity contribution is 0.397. The lowest BCUT2D eigenvalue weighted by Gasteiger charge is -2.09. The predicted octanol–water partition coefficient (Wildman–Crippen LogP) is 1.88. The van der Waals surface area contributed by atoms with Crippen LogP contribution in [-0.2, 0) is 6.54 Å². The number of pyridine rings is 1. The third-order valence-electron chi connectivity index (χ3n) is 2.29. The number of fused-ring (bicyclic) bond motifs is 1. The van der Waals surface area contributed by atoms with E-state index in [1.54, 1.807) is 0 Å². The van der Waals surface area contributed by atoms with Gasteiger partial charge in [-0.25, -0.2) is 4.98 Å². The van der Waals surface area contributed by atoms with Gasteiger partial charge in [0.2, 0.25) is 0 Å². The molecule has 0 bridgehead atoms. The normalized spacial score (nSPS) is 11.1. The molecule has 15 heavy (non-hydrogen) atoms. The van der Waals surface area contributed by atoms with Crippen LogP contribution in [0.2, 0.25) is 0 Å². The van der Waals surface area contributed by atoms with Gasteiger partial charge in [0.15, 0.2) is 0 Å². The van der Waals surface area contributed by atoms with Gasteiger partial charge >= 0.3 is 0 Å². The number of para-hydroxylation sites is 1. The van der Waals surface area contributed by atoms with Gasteiger partial charge < -0.3 is 10.6 Å². The summed E-state index contributed by atoms with van der Waals surface area (Å²) in [5.41, 5.74) is 8.57. The van der Waals surface area contributed by atoms with Crippen LogP contribution >= 0.6 is 0 Å². The fraction of sp³-hybridized carbons (Fsp3) is 0.250. The molecule has 0 fully saturated rings. The molecule has 0 saturated heterocycles. The third kappa shape index (κ3) is 2.07. The van der Waals surface area contributed by atoms with Crippen LogP contribution in [0.1, 0.15) is 5.69 Å². The lowest BCUT2D eigenvalue weighted by Crippen LogP contribution is -2.11. The van der Waals surface area contributed by atoms with Crippen LogP contribution < -0.4 is 5.73 Å². The number of hydrogen-bond acceptors (Lipinski definition) is 3. The lowest BCUT2D eigenvalue weighted by atomic mass is 10.2. The molecule has 0 atom stereocenters. The number of anilines is 1. The molecule has 0 amide bonds. The van der Waals surface area contributed by atoms with Crippen molar-refractivity contribution >= 4 is 16.6 Å². The van der Waals surface area contributed by atoms with Gasteiger partial charge in [-0.3, -0.25) is 0 Å². The molecule has 2 rings (SSSR count). The number of hydrogen-bond donors (Lipinski definition) is 1. The predicted molar refractivity (Wildman–Crippen MR) is 63.5 cm³/mol. The van der Waals surface area contributed by atoms with E-state index in [2.05, 4.69) is 16.0 Å². The second-order valence-corrected chi connectivity index (χ2v) is 3.96. The third-order valence-corrected chi connectivity index (χ3v) is 2.29. The molecule has 3 heteroatoms. The first-order chi connectivity index (χ1) is 7.16. The van der Waals surface area contributed by atoms with E-state index in [0.29, 0.717) is 0 Å². The first-order valence-corrected chi connectivity index (χ1v) is 4.95. The SMILES string of the molecule is CN(C)Cc1ccc2cccc(N)c2n1. The van der Waals surface area contributed by atoms with Gasteiger partial charge in [0.1, 0.15) is 0 Å². The van der Waals surface area contributed by atoms with Gasteiger partial charge in [-0.05, 0) is 26.2 Å². The zero-order chi connectivity index (χ0) is 10.8. The minimum absolute atomic E-state index is 0.744. The Morgan fingerprint density at radius 1 is 1.20 bits per heavy atom. The molecule has 78 valence electrons. The molecule has 2 N–H and O–H groups in total. The molecule has 0 aliphatic heterocycles. The molecule has 1 aromatic heterocycles. The van der Waals surface area contributed by atoms with Gasteiger partial charge in [0.25, 0.3) is 0 Å². The number of nitrogens with two attached hydrogens (primary N) is 1. The van der Waals surface area contributed by atoms with Crippen LogP contribution in [0.3, 0.4) is 0 Å². The topological polar surface area (TPSA) is 42.1 Å². The molecule has 0 spiro atoms. The average Bonchev–Trinajstić information content (AvgIpc) is 2.18. The largest absolute Gasteiger partial charge is 0.397 e. The van der Waals surface area contributed by atoms with E-state index in [-0.39, 0.29) is 0 Å². The van der Waals surface area contributed by atoms with Crippen LogP contribution in [0, 0.1) is 0 Å². The molecule has 0 saturated carbocycles. The monoisotopic (exact) mass is 201 g/mol. The molecule has 3 nitrogen and oxygen atoms in total. The fourth-order valence-electron chi connectivity index (χ4n) is 1.62. The first kappa shape index (κ1) is 9.93. The van der Waals surface area contributed by atoms with Crippen molar-refractivity contribution in [1.82, 2.24) is 9.88 Å². The van der Waals surface area contributed by atoms with Gasteiger partial charge in [-0.15, -0.1) is 0 Å². The highest BCUT2D eigenvalue weighted by molar-refractivity contribution is 5.89. The minimum Gasteiger partial charge on any atom is -0.397 e. The molecule has 2 aromatic rings. The van der Waals surface area contributed by atoms with Crippen LogP contribution in [0.5, 0.6) is 0 Å². The molecule has 1 aromatic carbocycles. The van der Waals surface area contributed by atoms with E-state index >= 15 is 0 Å². The zero-order valence-corrected chi connectivity index (χ0v) is 9.07. The average molecular weight is 201 g/mol. The van der Waals surface area contributed by atoms with E-state index in [1.165, 1.54) is 0 Å². The Kier molecular flexibility index (Phi) is 2.56. The van der Waals surface area contributed by atoms with Gasteiger partial charge in [0.05, 0.1) is 16.9 Å². The first-order valence-electron chi connectivity index (χ1n) is 4.95. The summed E-state index contributed by atoms with van der Waals surface area (Å²) >= 11 is 0. The second kappa shape index (κ2) is 3.87. The molecule has 0 radical (unpaired) electrons. The Balaban J connectivity index is 2.50. The summed E-state index contributed by atoms with van der Waals surface area (Å²) < 4.78 is 0. The van der Waals surface area contributed by atoms with E-state index in [0.717, 1.165) is 28.8 Å². The second-order valence-electron chi connectivity index (χ2n) is 3.96. The van der Waals surface area contributed by atoms with Crippen LogP contribution in [0.15, 0.2) is 30.3 Å². The highest BCUT2D eigenvalue weighted by Gasteiger charge is 2.01. The number of benzene rings is 1. The maximum absolute atomic E-state index is 5.88. The minimum atomic E-state index is 0.744. The number of nitrogen functional groups attached to an aromatic ring is 1. The van der Waals surface area contributed by atoms with E-state index in [9.17, 15) is 0 Å². The number of nitrogens with zero attached hydrogens (tertiary/aromatic N) is 2. The fourth-order valence-corrected chi connectivity index (χ4v) is 1.62. The Bertz CT molecular complexity index is 477. The maximum atomic E-state index is 5.88. The Hall–Kier alpha value is -1.61. The molecule has 1 heterocycles. The highest BCUT2D eigenvalue weighted by Crippen LogP contribution is 2.18. The quantitative estimate of drug-likeness (QED) is 0.754. The number of rotatable bonds is 2. The van der Waals surface area contributed by atoms with Crippen LogP contribution in [-0.4, -0.2) is 24.0 Å². The van der Waals surface area contributed by atoms with Crippen molar-refractivity contribution in [1.29, 1.82) is 0 Å². The Morgan fingerprint density at radius 3 is 2.73 bits per heavy atom. The van der Waals surface area contributed by atoms with Crippen LogP contribution in [0.4, 0.5) is 5.69 Å². The summed E-state index contributed by atoms with van der Waals surface area (Å²) in [6, 6.07) is 9.97. The summed E-state index contributed by atoms with van der Waals surface area (Å²) in [7, 11) is 4.06. The molecule has 0 unspecified atom stereocenters. The smallest absolute Gasteiger partial charge is 0.0935 e. The molecular formula is C12H15N3. The van der Waals surface area contributed by atoms with E-state index in [4.69, 9.17) is 5.73 Å². The summed E-state index contributed by atoms with van der Waals surface area (Å²) in [6.07, 6.45) is 0. The maximum Gasteiger partial charge on any atom is 0.0935 e. The molecular weight excluding hydrogens is 186 g/mol. The van der Waals surface area contributed by atoms with E-state index in [1.807, 2.05) is 38.4 Å². The Morgan fingerprint density at radius 2 is 2.00 bits per heavy atom. The van der Waals surface area contributed by atoms with Crippen LogP contribution in [0.25, 0.3) is 10.9 Å². The van der Waals surface area contributed by atoms with Gasteiger partial charge in [-0.2, -0.15) is 0 Å². The van der Waals surface area contributed by atoms with Crippen molar-refractivity contribution < 1.29 is 0 Å². The van der Waals surface area contributed by atoms with Crippen molar-refractivity contribution in [2.75, 3.05) is 19.8 Å². The Labute approximate surface area is 89.5 Å².